The molecule has 1 heteroatoms. The Morgan fingerprint density at radius 2 is 0.793 bits per heavy atom. The van der Waals surface area contributed by atoms with Gasteiger partial charge in [-0.3, -0.25) is 0 Å². The molecule has 0 amide bonds. The molecular formula is C28H28Sn. The van der Waals surface area contributed by atoms with Crippen LogP contribution in [0.25, 0.3) is 0 Å². The van der Waals surface area contributed by atoms with Crippen LogP contribution in [0.1, 0.15) is 18.4 Å². The fourth-order valence-corrected chi connectivity index (χ4v) is 18.5. The molecule has 0 spiro atoms. The van der Waals surface area contributed by atoms with Crippen molar-refractivity contribution in [2.45, 2.75) is 23.7 Å². The van der Waals surface area contributed by atoms with Gasteiger partial charge in [0.2, 0.25) is 0 Å². The van der Waals surface area contributed by atoms with Crippen LogP contribution >= 0.6 is 0 Å². The molecule has 0 aliphatic heterocycles. The molecule has 29 heavy (non-hydrogen) atoms. The van der Waals surface area contributed by atoms with Gasteiger partial charge in [-0.15, -0.1) is 0 Å². The van der Waals surface area contributed by atoms with Crippen LogP contribution in [0.3, 0.4) is 0 Å². The molecular weight excluding hydrogens is 455 g/mol. The van der Waals surface area contributed by atoms with E-state index in [0.29, 0.717) is 0 Å². The molecule has 0 fully saturated rings. The average molecular weight is 483 g/mol. The summed E-state index contributed by atoms with van der Waals surface area (Å²) in [5.41, 5.74) is 1.45. The molecule has 0 radical (unpaired) electrons. The zero-order valence-corrected chi connectivity index (χ0v) is 19.7. The quantitative estimate of drug-likeness (QED) is 0.240. The van der Waals surface area contributed by atoms with Crippen molar-refractivity contribution >= 4 is 29.1 Å². The third-order valence-electron chi connectivity index (χ3n) is 5.91. The van der Waals surface area contributed by atoms with E-state index in [0.717, 1.165) is 0 Å². The molecule has 0 N–H and O–H groups in total. The minimum atomic E-state index is -3.05. The number of benzene rings is 4. The topological polar surface area (TPSA) is 0 Å². The molecule has 144 valence electrons. The Balaban J connectivity index is 1.70. The third kappa shape index (κ3) is 4.64. The van der Waals surface area contributed by atoms with Gasteiger partial charge in [-0.05, 0) is 0 Å². The van der Waals surface area contributed by atoms with Gasteiger partial charge < -0.3 is 0 Å². The second-order valence-corrected chi connectivity index (χ2v) is 19.2. The van der Waals surface area contributed by atoms with Gasteiger partial charge in [0.15, 0.2) is 0 Å². The van der Waals surface area contributed by atoms with Gasteiger partial charge in [0, 0.05) is 0 Å². The molecule has 0 saturated heterocycles. The summed E-state index contributed by atoms with van der Waals surface area (Å²) in [4.78, 5) is 0. The van der Waals surface area contributed by atoms with Crippen LogP contribution in [-0.2, 0) is 6.42 Å². The Morgan fingerprint density at radius 1 is 0.414 bits per heavy atom. The maximum absolute atomic E-state index is 3.05. The van der Waals surface area contributed by atoms with E-state index in [2.05, 4.69) is 121 Å². The monoisotopic (exact) mass is 484 g/mol. The normalized spacial score (nSPS) is 11.3. The molecule has 0 unspecified atom stereocenters. The van der Waals surface area contributed by atoms with Crippen molar-refractivity contribution in [3.05, 3.63) is 127 Å². The predicted molar refractivity (Wildman–Crippen MR) is 128 cm³/mol. The number of rotatable bonds is 8. The van der Waals surface area contributed by atoms with Crippen molar-refractivity contribution in [2.24, 2.45) is 0 Å². The SMILES string of the molecule is c1ccc(CCC[CH2][Sn]([c]2ccccc2)([c]2ccccc2)[c]2ccccc2)cc1. The minimum absolute atomic E-state index is 1.17. The first kappa shape index (κ1) is 20.0. The van der Waals surface area contributed by atoms with Crippen LogP contribution in [-0.4, -0.2) is 18.4 Å². The molecule has 0 heterocycles. The summed E-state index contributed by atoms with van der Waals surface area (Å²) < 4.78 is 6.05. The first-order valence-electron chi connectivity index (χ1n) is 10.6. The third-order valence-corrected chi connectivity index (χ3v) is 20.4. The van der Waals surface area contributed by atoms with Crippen LogP contribution in [0.4, 0.5) is 0 Å². The molecule has 0 bridgehead atoms. The van der Waals surface area contributed by atoms with E-state index >= 15 is 0 Å². The summed E-state index contributed by atoms with van der Waals surface area (Å²) >= 11 is -3.05. The molecule has 0 saturated carbocycles. The Hall–Kier alpha value is -2.32. The first-order valence-corrected chi connectivity index (χ1v) is 16.9. The van der Waals surface area contributed by atoms with E-state index in [-0.39, 0.29) is 0 Å². The Labute approximate surface area is 179 Å². The fourth-order valence-electron chi connectivity index (χ4n) is 4.46. The van der Waals surface area contributed by atoms with Crippen molar-refractivity contribution in [1.82, 2.24) is 0 Å². The molecule has 4 rings (SSSR count). The Morgan fingerprint density at radius 3 is 1.21 bits per heavy atom. The van der Waals surface area contributed by atoms with E-state index < -0.39 is 18.4 Å². The van der Waals surface area contributed by atoms with Crippen molar-refractivity contribution in [1.29, 1.82) is 0 Å². The average Bonchev–Trinajstić information content (AvgIpc) is 2.82. The standard InChI is InChI=1S/C10H13.3C6H5.Sn/c1-2-3-7-10-8-5-4-6-9-10;3*1-2-4-6-5-3-1;/h4-6,8-9H,1-3,7H2;3*1-5H;. The number of unbranched alkanes of at least 4 members (excludes halogenated alkanes) is 1. The van der Waals surface area contributed by atoms with Crippen molar-refractivity contribution < 1.29 is 0 Å². The molecule has 0 aliphatic carbocycles. The van der Waals surface area contributed by atoms with Crippen molar-refractivity contribution in [2.75, 3.05) is 0 Å². The van der Waals surface area contributed by atoms with Crippen LogP contribution in [0, 0.1) is 0 Å². The van der Waals surface area contributed by atoms with E-state index in [9.17, 15) is 0 Å². The molecule has 0 nitrogen and oxygen atoms in total. The molecule has 0 aliphatic rings. The molecule has 0 aromatic heterocycles. The van der Waals surface area contributed by atoms with Crippen molar-refractivity contribution in [3.63, 3.8) is 0 Å². The zero-order valence-electron chi connectivity index (χ0n) is 16.9. The molecule has 4 aromatic rings. The zero-order chi connectivity index (χ0) is 19.8. The van der Waals surface area contributed by atoms with Gasteiger partial charge in [0.05, 0.1) is 0 Å². The predicted octanol–water partition coefficient (Wildman–Crippen LogP) is 5.18. The Bertz CT molecular complexity index is 883. The maximum atomic E-state index is 2.38. The second-order valence-electron chi connectivity index (χ2n) is 7.70. The van der Waals surface area contributed by atoms with Gasteiger partial charge in [-0.2, -0.15) is 0 Å². The van der Waals surface area contributed by atoms with Crippen LogP contribution in [0.5, 0.6) is 0 Å². The summed E-state index contributed by atoms with van der Waals surface area (Å²) in [5, 5.41) is 0. The summed E-state index contributed by atoms with van der Waals surface area (Å²) in [7, 11) is 0. The molecule has 0 atom stereocenters. The van der Waals surface area contributed by atoms with Crippen LogP contribution < -0.4 is 10.7 Å². The van der Waals surface area contributed by atoms with Gasteiger partial charge in [0.25, 0.3) is 0 Å². The first-order chi connectivity index (χ1) is 14.4. The van der Waals surface area contributed by atoms with E-state index in [1.54, 1.807) is 10.7 Å². The van der Waals surface area contributed by atoms with Gasteiger partial charge >= 0.3 is 180 Å². The summed E-state index contributed by atoms with van der Waals surface area (Å²) in [6.45, 7) is 0. The number of hydrogen-bond acceptors (Lipinski definition) is 0. The van der Waals surface area contributed by atoms with Crippen LogP contribution in [0.2, 0.25) is 4.44 Å². The van der Waals surface area contributed by atoms with E-state index in [1.165, 1.54) is 29.3 Å². The van der Waals surface area contributed by atoms with Gasteiger partial charge in [-0.25, -0.2) is 0 Å². The summed E-state index contributed by atoms with van der Waals surface area (Å²) in [5.74, 6) is 0. The number of aryl methyl sites for hydroxylation is 1. The Kier molecular flexibility index (Phi) is 6.84. The van der Waals surface area contributed by atoms with Gasteiger partial charge in [0.1, 0.15) is 0 Å². The van der Waals surface area contributed by atoms with E-state index in [4.69, 9.17) is 0 Å². The summed E-state index contributed by atoms with van der Waals surface area (Å²) in [6.07, 6.45) is 3.68. The van der Waals surface area contributed by atoms with Gasteiger partial charge in [-0.1, -0.05) is 0 Å². The fraction of sp³-hybridized carbons (Fsp3) is 0.143. The van der Waals surface area contributed by atoms with E-state index in [1.807, 2.05) is 0 Å². The number of hydrogen-bond donors (Lipinski definition) is 0. The second kappa shape index (κ2) is 9.93. The van der Waals surface area contributed by atoms with Crippen LogP contribution in [0.15, 0.2) is 121 Å². The van der Waals surface area contributed by atoms with Crippen molar-refractivity contribution in [3.8, 4) is 0 Å². The molecule has 4 aromatic carbocycles. The summed E-state index contributed by atoms with van der Waals surface area (Å²) in [6, 6.07) is 44.9.